The van der Waals surface area contributed by atoms with Crippen LogP contribution in [0.3, 0.4) is 0 Å². The first-order valence-electron chi connectivity index (χ1n) is 9.47. The molecule has 7 heteroatoms. The quantitative estimate of drug-likeness (QED) is 0.307. The lowest BCUT2D eigenvalue weighted by Gasteiger charge is -2.10. The van der Waals surface area contributed by atoms with E-state index in [1.54, 1.807) is 12.1 Å². The number of aryl methyl sites for hydroxylation is 1. The molecule has 1 fully saturated rings. The van der Waals surface area contributed by atoms with Crippen LogP contribution in [0.25, 0.3) is 10.9 Å². The average Bonchev–Trinajstić information content (AvgIpc) is 3.27. The number of halogens is 1. The molecule has 6 nitrogen and oxygen atoms in total. The molecule has 0 aliphatic heterocycles. The van der Waals surface area contributed by atoms with Gasteiger partial charge in [-0.25, -0.2) is 8.96 Å². The number of hydrogen-bond donors (Lipinski definition) is 2. The van der Waals surface area contributed by atoms with Crippen molar-refractivity contribution in [3.63, 3.8) is 0 Å². The van der Waals surface area contributed by atoms with Crippen LogP contribution in [0, 0.1) is 5.82 Å². The molecular weight excluding hydrogens is 357 g/mol. The van der Waals surface area contributed by atoms with Crippen molar-refractivity contribution < 1.29 is 13.8 Å². The third-order valence-corrected chi connectivity index (χ3v) is 5.26. The first-order valence-corrected chi connectivity index (χ1v) is 9.47. The number of fused-ring (bicyclic) bond motifs is 1. The number of benzene rings is 1. The van der Waals surface area contributed by atoms with E-state index >= 15 is 0 Å². The molecule has 1 aromatic carbocycles. The molecule has 4 N–H and O–H groups in total. The molecular formula is C21H25FN5O+. The molecule has 1 aliphatic rings. The number of nitrogens with zero attached hydrogens (tertiary/aromatic N) is 3. The Morgan fingerprint density at radius 2 is 2.18 bits per heavy atom. The van der Waals surface area contributed by atoms with Gasteiger partial charge in [0.05, 0.1) is 17.4 Å². The minimum absolute atomic E-state index is 0.0125. The molecule has 0 bridgehead atoms. The van der Waals surface area contributed by atoms with Gasteiger partial charge in [0.25, 0.3) is 0 Å². The van der Waals surface area contributed by atoms with Crippen LogP contribution in [0.1, 0.15) is 30.4 Å². The minimum atomic E-state index is -0.318. The van der Waals surface area contributed by atoms with E-state index in [0.29, 0.717) is 17.7 Å². The molecule has 0 amide bonds. The van der Waals surface area contributed by atoms with Crippen LogP contribution in [0.15, 0.2) is 54.1 Å². The maximum absolute atomic E-state index is 14.7. The highest BCUT2D eigenvalue weighted by atomic mass is 19.1. The van der Waals surface area contributed by atoms with Gasteiger partial charge in [-0.2, -0.15) is 0 Å². The van der Waals surface area contributed by atoms with E-state index in [4.69, 9.17) is 16.3 Å². The van der Waals surface area contributed by atoms with Crippen LogP contribution >= 0.6 is 0 Å². The second-order valence-corrected chi connectivity index (χ2v) is 7.48. The highest BCUT2D eigenvalue weighted by molar-refractivity contribution is 5.97. The van der Waals surface area contributed by atoms with Crippen LogP contribution in [-0.2, 0) is 18.4 Å². The van der Waals surface area contributed by atoms with Gasteiger partial charge >= 0.3 is 0 Å². The number of aromatic nitrogens is 2. The summed E-state index contributed by atoms with van der Waals surface area (Å²) in [5.74, 6) is -0.147. The summed E-state index contributed by atoms with van der Waals surface area (Å²) >= 11 is 0. The average molecular weight is 382 g/mol. The van der Waals surface area contributed by atoms with Crippen LogP contribution in [-0.4, -0.2) is 22.5 Å². The van der Waals surface area contributed by atoms with Crippen molar-refractivity contribution in [2.75, 3.05) is 0 Å². The number of rotatable bonds is 5. The highest BCUT2D eigenvalue weighted by Crippen LogP contribution is 2.21. The van der Waals surface area contributed by atoms with Gasteiger partial charge in [-0.15, -0.1) is 0 Å². The summed E-state index contributed by atoms with van der Waals surface area (Å²) in [5, 5.41) is 5.08. The molecule has 1 aliphatic carbocycles. The zero-order valence-electron chi connectivity index (χ0n) is 15.9. The summed E-state index contributed by atoms with van der Waals surface area (Å²) in [6.45, 7) is 0.441. The fourth-order valence-corrected chi connectivity index (χ4v) is 3.66. The lowest BCUT2D eigenvalue weighted by Crippen LogP contribution is -2.25. The van der Waals surface area contributed by atoms with E-state index in [-0.39, 0.29) is 23.8 Å². The Labute approximate surface area is 163 Å². The van der Waals surface area contributed by atoms with Crippen molar-refractivity contribution >= 4 is 16.7 Å². The molecule has 3 aromatic rings. The second kappa shape index (κ2) is 7.59. The normalized spacial score (nSPS) is 20.0. The number of amidine groups is 1. The topological polar surface area (TPSA) is 82.4 Å². The van der Waals surface area contributed by atoms with Gasteiger partial charge in [0.2, 0.25) is 0 Å². The van der Waals surface area contributed by atoms with Crippen molar-refractivity contribution in [3.05, 3.63) is 65.9 Å². The van der Waals surface area contributed by atoms with Crippen LogP contribution in [0.2, 0.25) is 0 Å². The van der Waals surface area contributed by atoms with Crippen LogP contribution in [0.5, 0.6) is 0 Å². The molecule has 1 saturated carbocycles. The Morgan fingerprint density at radius 3 is 2.93 bits per heavy atom. The van der Waals surface area contributed by atoms with Gasteiger partial charge in [-0.1, -0.05) is 17.3 Å². The highest BCUT2D eigenvalue weighted by Gasteiger charge is 2.23. The third kappa shape index (κ3) is 3.84. The Bertz CT molecular complexity index is 1030. The minimum Gasteiger partial charge on any atom is -0.391 e. The summed E-state index contributed by atoms with van der Waals surface area (Å²) in [4.78, 5) is 5.46. The second-order valence-electron chi connectivity index (χ2n) is 7.48. The molecule has 0 saturated heterocycles. The van der Waals surface area contributed by atoms with Crippen molar-refractivity contribution in [1.29, 1.82) is 0 Å². The van der Waals surface area contributed by atoms with E-state index in [0.717, 1.165) is 30.2 Å². The maximum atomic E-state index is 14.7. The smallest absolute Gasteiger partial charge is 0.177 e. The largest absolute Gasteiger partial charge is 0.391 e. The summed E-state index contributed by atoms with van der Waals surface area (Å²) in [7, 11) is 1.98. The molecule has 146 valence electrons. The summed E-state index contributed by atoms with van der Waals surface area (Å²) < 4.78 is 18.7. The number of hydrogen-bond acceptors (Lipinski definition) is 3. The Kier molecular flexibility index (Phi) is 5.00. The molecule has 2 atom stereocenters. The zero-order chi connectivity index (χ0) is 19.7. The van der Waals surface area contributed by atoms with Gasteiger partial charge in [-0.3, -0.25) is 0 Å². The molecule has 2 heterocycles. The number of oxime groups is 1. The van der Waals surface area contributed by atoms with E-state index < -0.39 is 0 Å². The first kappa shape index (κ1) is 18.4. The number of nitrogens with two attached hydrogens (primary N) is 2. The summed E-state index contributed by atoms with van der Waals surface area (Å²) in [6.07, 6.45) is 8.54. The third-order valence-electron chi connectivity index (χ3n) is 5.26. The SMILES string of the molecule is C[n+]1ccc2c(ccn2Cc2ccc(C(N)=NOC3CCC(N)C3)cc2F)c1. The van der Waals surface area contributed by atoms with Gasteiger partial charge in [0, 0.05) is 35.9 Å². The lowest BCUT2D eigenvalue weighted by molar-refractivity contribution is -0.670. The van der Waals surface area contributed by atoms with Gasteiger partial charge in [-0.05, 0) is 25.0 Å². The predicted octanol–water partition coefficient (Wildman–Crippen LogP) is 2.17. The summed E-state index contributed by atoms with van der Waals surface area (Å²) in [6, 6.07) is 9.13. The van der Waals surface area contributed by atoms with Gasteiger partial charge in [0.15, 0.2) is 18.2 Å². The van der Waals surface area contributed by atoms with Gasteiger partial charge in [0.1, 0.15) is 19.0 Å². The molecule has 0 spiro atoms. The Hall–Kier alpha value is -2.93. The predicted molar refractivity (Wildman–Crippen MR) is 106 cm³/mol. The molecule has 28 heavy (non-hydrogen) atoms. The van der Waals surface area contributed by atoms with E-state index in [1.807, 2.05) is 46.9 Å². The van der Waals surface area contributed by atoms with E-state index in [2.05, 4.69) is 5.16 Å². The lowest BCUT2D eigenvalue weighted by atomic mass is 10.1. The van der Waals surface area contributed by atoms with E-state index in [1.165, 1.54) is 6.07 Å². The fraction of sp³-hybridized carbons (Fsp3) is 0.333. The van der Waals surface area contributed by atoms with Crippen LogP contribution < -0.4 is 16.0 Å². The Morgan fingerprint density at radius 1 is 1.32 bits per heavy atom. The number of pyridine rings is 1. The Balaban J connectivity index is 1.49. The molecule has 0 radical (unpaired) electrons. The van der Waals surface area contributed by atoms with Crippen molar-refractivity contribution in [1.82, 2.24) is 4.57 Å². The molecule has 4 rings (SSSR count). The van der Waals surface area contributed by atoms with Crippen LogP contribution in [0.4, 0.5) is 4.39 Å². The standard InChI is InChI=1S/C21H25FN5O/c1-26-8-7-20-16(12-26)6-9-27(20)13-15-3-2-14(10-19(15)22)21(24)25-28-18-5-4-17(23)11-18/h2-3,6-10,12,17-18H,4-5,11,13,23H2,1H3,(H2,24,25)/q+1. The zero-order valence-corrected chi connectivity index (χ0v) is 15.9. The first-order chi connectivity index (χ1) is 13.5. The monoisotopic (exact) mass is 382 g/mol. The maximum Gasteiger partial charge on any atom is 0.177 e. The fourth-order valence-electron chi connectivity index (χ4n) is 3.66. The van der Waals surface area contributed by atoms with Crippen molar-refractivity contribution in [3.8, 4) is 0 Å². The van der Waals surface area contributed by atoms with Crippen molar-refractivity contribution in [2.24, 2.45) is 23.7 Å². The van der Waals surface area contributed by atoms with Crippen molar-refractivity contribution in [2.45, 2.75) is 38.0 Å². The summed E-state index contributed by atoms with van der Waals surface area (Å²) in [5.41, 5.74) is 14.0. The van der Waals surface area contributed by atoms with Gasteiger partial charge < -0.3 is 20.9 Å². The molecule has 2 aromatic heterocycles. The molecule has 2 unspecified atom stereocenters. The van der Waals surface area contributed by atoms with E-state index in [9.17, 15) is 4.39 Å².